The number of rotatable bonds is 5. The largest absolute Gasteiger partial charge is 0.487 e. The van der Waals surface area contributed by atoms with Crippen molar-refractivity contribution in [3.63, 3.8) is 0 Å². The number of hydrogen-bond donors (Lipinski definition) is 1. The summed E-state index contributed by atoms with van der Waals surface area (Å²) < 4.78 is 11.1. The molecule has 0 fully saturated rings. The molecule has 3 aromatic rings. The molecule has 3 rings (SSSR count). The van der Waals surface area contributed by atoms with Gasteiger partial charge in [0.05, 0.1) is 6.21 Å². The quantitative estimate of drug-likeness (QED) is 0.442. The summed E-state index contributed by atoms with van der Waals surface area (Å²) in [5.41, 5.74) is 2.45. The molecule has 2 aromatic carbocycles. The molecule has 0 bridgehead atoms. The summed E-state index contributed by atoms with van der Waals surface area (Å²) in [5, 5.41) is 11.4. The van der Waals surface area contributed by atoms with E-state index in [9.17, 15) is 0 Å². The Morgan fingerprint density at radius 1 is 1.09 bits per heavy atom. The average Bonchev–Trinajstić information content (AvgIpc) is 3.04. The van der Waals surface area contributed by atoms with Crippen LogP contribution in [0.15, 0.2) is 70.4 Å². The lowest BCUT2D eigenvalue weighted by molar-refractivity contribution is 0.301. The van der Waals surface area contributed by atoms with Gasteiger partial charge in [-0.05, 0) is 42.0 Å². The molecule has 110 valence electrons. The van der Waals surface area contributed by atoms with Crippen molar-refractivity contribution in [2.24, 2.45) is 5.16 Å². The lowest BCUT2D eigenvalue weighted by Crippen LogP contribution is -1.96. The van der Waals surface area contributed by atoms with Gasteiger partial charge < -0.3 is 14.4 Å². The third-order valence-electron chi connectivity index (χ3n) is 3.05. The lowest BCUT2D eigenvalue weighted by atomic mass is 10.2. The van der Waals surface area contributed by atoms with Crippen molar-refractivity contribution in [1.29, 1.82) is 0 Å². The van der Waals surface area contributed by atoms with E-state index in [4.69, 9.17) is 14.4 Å². The van der Waals surface area contributed by atoms with Gasteiger partial charge in [-0.2, -0.15) is 0 Å². The van der Waals surface area contributed by atoms with Crippen molar-refractivity contribution in [3.8, 4) is 17.2 Å². The Kier molecular flexibility index (Phi) is 4.15. The predicted molar refractivity (Wildman–Crippen MR) is 82.1 cm³/mol. The molecule has 1 aromatic heterocycles. The molecule has 0 spiro atoms. The molecule has 5 heteroatoms. The van der Waals surface area contributed by atoms with Crippen LogP contribution in [0.5, 0.6) is 5.75 Å². The molecule has 0 radical (unpaired) electrons. The van der Waals surface area contributed by atoms with Crippen LogP contribution < -0.4 is 4.74 Å². The van der Waals surface area contributed by atoms with Gasteiger partial charge in [-0.1, -0.05) is 23.4 Å². The number of ether oxygens (including phenoxy) is 1. The van der Waals surface area contributed by atoms with Gasteiger partial charge in [-0.25, -0.2) is 4.98 Å². The van der Waals surface area contributed by atoms with Crippen LogP contribution in [0.2, 0.25) is 0 Å². The highest BCUT2D eigenvalue weighted by atomic mass is 16.5. The smallest absolute Gasteiger partial charge is 0.226 e. The molecule has 5 nitrogen and oxygen atoms in total. The molecule has 0 aliphatic carbocycles. The molecule has 0 aliphatic heterocycles. The monoisotopic (exact) mass is 294 g/mol. The van der Waals surface area contributed by atoms with Crippen LogP contribution in [0.1, 0.15) is 11.3 Å². The molecule has 1 N–H and O–H groups in total. The van der Waals surface area contributed by atoms with Gasteiger partial charge in [0.15, 0.2) is 0 Å². The highest BCUT2D eigenvalue weighted by molar-refractivity contribution is 5.79. The summed E-state index contributed by atoms with van der Waals surface area (Å²) in [7, 11) is 0. The van der Waals surface area contributed by atoms with Crippen LogP contribution in [0.3, 0.4) is 0 Å². The van der Waals surface area contributed by atoms with Crippen LogP contribution in [-0.2, 0) is 6.61 Å². The topological polar surface area (TPSA) is 67.9 Å². The first-order valence-corrected chi connectivity index (χ1v) is 6.75. The summed E-state index contributed by atoms with van der Waals surface area (Å²) in [6, 6.07) is 16.9. The SMILES string of the molecule is ON=Cc1ccc(OCc2coc(-c3ccccc3)n2)cc1. The first-order chi connectivity index (χ1) is 10.8. The van der Waals surface area contributed by atoms with Crippen molar-refractivity contribution >= 4 is 6.21 Å². The number of hydrogen-bond acceptors (Lipinski definition) is 5. The Labute approximate surface area is 127 Å². The first-order valence-electron chi connectivity index (χ1n) is 6.75. The lowest BCUT2D eigenvalue weighted by Gasteiger charge is -2.03. The second-order valence-electron chi connectivity index (χ2n) is 4.61. The van der Waals surface area contributed by atoms with Crippen molar-refractivity contribution in [2.75, 3.05) is 0 Å². The summed E-state index contributed by atoms with van der Waals surface area (Å²) in [6.07, 6.45) is 2.95. The Balaban J connectivity index is 1.63. The zero-order valence-electron chi connectivity index (χ0n) is 11.7. The maximum atomic E-state index is 8.46. The first kappa shape index (κ1) is 13.9. The fourth-order valence-corrected chi connectivity index (χ4v) is 1.96. The molecule has 0 atom stereocenters. The van der Waals surface area contributed by atoms with E-state index < -0.39 is 0 Å². The van der Waals surface area contributed by atoms with Gasteiger partial charge in [0, 0.05) is 5.56 Å². The Morgan fingerprint density at radius 3 is 2.59 bits per heavy atom. The number of oxazole rings is 1. The average molecular weight is 294 g/mol. The molecular formula is C17H14N2O3. The minimum Gasteiger partial charge on any atom is -0.487 e. The van der Waals surface area contributed by atoms with Gasteiger partial charge in [0.25, 0.3) is 0 Å². The van der Waals surface area contributed by atoms with Gasteiger partial charge in [0.1, 0.15) is 24.3 Å². The van der Waals surface area contributed by atoms with Gasteiger partial charge in [-0.3, -0.25) is 0 Å². The van der Waals surface area contributed by atoms with Gasteiger partial charge >= 0.3 is 0 Å². The Bertz CT molecular complexity index is 749. The van der Waals surface area contributed by atoms with Gasteiger partial charge in [-0.15, -0.1) is 0 Å². The molecule has 0 aliphatic rings. The summed E-state index contributed by atoms with van der Waals surface area (Å²) in [5.74, 6) is 1.29. The van der Waals surface area contributed by atoms with Crippen molar-refractivity contribution in [2.45, 2.75) is 6.61 Å². The van der Waals surface area contributed by atoms with E-state index in [1.54, 1.807) is 30.5 Å². The van der Waals surface area contributed by atoms with Crippen molar-refractivity contribution in [3.05, 3.63) is 72.1 Å². The van der Waals surface area contributed by atoms with E-state index in [2.05, 4.69) is 10.1 Å². The fourth-order valence-electron chi connectivity index (χ4n) is 1.96. The summed E-state index contributed by atoms with van der Waals surface area (Å²) >= 11 is 0. The van der Waals surface area contributed by atoms with E-state index in [-0.39, 0.29) is 0 Å². The Hall–Kier alpha value is -3.08. The maximum absolute atomic E-state index is 8.46. The third kappa shape index (κ3) is 3.32. The van der Waals surface area contributed by atoms with Crippen LogP contribution in [0.25, 0.3) is 11.5 Å². The van der Waals surface area contributed by atoms with Gasteiger partial charge in [0.2, 0.25) is 5.89 Å². The normalized spacial score (nSPS) is 10.9. The number of oxime groups is 1. The maximum Gasteiger partial charge on any atom is 0.226 e. The van der Waals surface area contributed by atoms with E-state index in [1.807, 2.05) is 30.3 Å². The molecule has 22 heavy (non-hydrogen) atoms. The molecular weight excluding hydrogens is 280 g/mol. The van der Waals surface area contributed by atoms with Crippen LogP contribution in [0.4, 0.5) is 0 Å². The number of benzene rings is 2. The highest BCUT2D eigenvalue weighted by Gasteiger charge is 2.06. The minimum atomic E-state index is 0.323. The number of nitrogens with zero attached hydrogens (tertiary/aromatic N) is 2. The van der Waals surface area contributed by atoms with Crippen LogP contribution in [-0.4, -0.2) is 16.4 Å². The molecule has 0 saturated carbocycles. The van der Waals surface area contributed by atoms with Crippen molar-refractivity contribution < 1.29 is 14.4 Å². The fraction of sp³-hybridized carbons (Fsp3) is 0.0588. The number of aromatic nitrogens is 1. The van der Waals surface area contributed by atoms with E-state index in [1.165, 1.54) is 6.21 Å². The molecule has 0 saturated heterocycles. The second kappa shape index (κ2) is 6.58. The Morgan fingerprint density at radius 2 is 1.86 bits per heavy atom. The zero-order valence-corrected chi connectivity index (χ0v) is 11.7. The molecule has 0 amide bonds. The standard InChI is InChI=1S/C17H14N2O3/c20-18-10-13-6-8-16(9-7-13)21-11-15-12-22-17(19-15)14-4-2-1-3-5-14/h1-10,12,20H,11H2. The second-order valence-corrected chi connectivity index (χ2v) is 4.61. The highest BCUT2D eigenvalue weighted by Crippen LogP contribution is 2.19. The van der Waals surface area contributed by atoms with Crippen molar-refractivity contribution in [1.82, 2.24) is 4.98 Å². The predicted octanol–water partition coefficient (Wildman–Crippen LogP) is 3.73. The third-order valence-corrected chi connectivity index (χ3v) is 3.05. The van der Waals surface area contributed by atoms with E-state index in [0.717, 1.165) is 16.8 Å². The summed E-state index contributed by atoms with van der Waals surface area (Å²) in [4.78, 5) is 4.40. The summed E-state index contributed by atoms with van der Waals surface area (Å²) in [6.45, 7) is 0.323. The zero-order chi connectivity index (χ0) is 15.2. The van der Waals surface area contributed by atoms with E-state index >= 15 is 0 Å². The van der Waals surface area contributed by atoms with Crippen LogP contribution in [0, 0.1) is 0 Å². The van der Waals surface area contributed by atoms with E-state index in [0.29, 0.717) is 18.2 Å². The molecule has 0 unspecified atom stereocenters. The minimum absolute atomic E-state index is 0.323. The van der Waals surface area contributed by atoms with Crippen LogP contribution >= 0.6 is 0 Å². The molecule has 1 heterocycles.